The predicted octanol–water partition coefficient (Wildman–Crippen LogP) is 5.07. The molecule has 21 heavy (non-hydrogen) atoms. The van der Waals surface area contributed by atoms with Crippen LogP contribution in [0.15, 0.2) is 28.9 Å². The molecule has 0 heterocycles. The fourth-order valence-electron chi connectivity index (χ4n) is 4.22. The number of hydrogen-bond acceptors (Lipinski definition) is 2. The minimum atomic E-state index is -0.474. The molecule has 0 aromatic heterocycles. The highest BCUT2D eigenvalue weighted by Crippen LogP contribution is 2.57. The zero-order valence-electron chi connectivity index (χ0n) is 12.6. The Labute approximate surface area is 141 Å². The van der Waals surface area contributed by atoms with Crippen molar-refractivity contribution >= 4 is 39.4 Å². The number of fused-ring (bicyclic) bond motifs is 1. The average molecular weight is 351 g/mol. The molecule has 2 rings (SSSR count). The van der Waals surface area contributed by atoms with Gasteiger partial charge in [0.05, 0.1) is 11.5 Å². The van der Waals surface area contributed by atoms with Crippen LogP contribution < -0.4 is 0 Å². The Bertz CT molecular complexity index is 494. The Morgan fingerprint density at radius 1 is 1.38 bits per heavy atom. The Morgan fingerprint density at radius 2 is 2.05 bits per heavy atom. The summed E-state index contributed by atoms with van der Waals surface area (Å²) in [6, 6.07) is 0. The van der Waals surface area contributed by atoms with Crippen LogP contribution in [0.5, 0.6) is 0 Å². The van der Waals surface area contributed by atoms with Crippen molar-refractivity contribution in [3.05, 3.63) is 23.9 Å². The van der Waals surface area contributed by atoms with E-state index in [1.54, 1.807) is 6.20 Å². The summed E-state index contributed by atoms with van der Waals surface area (Å²) in [7, 11) is 0. The van der Waals surface area contributed by atoms with Crippen LogP contribution in [0.25, 0.3) is 0 Å². The molecular formula is C16H22Cl3NO. The third-order valence-corrected chi connectivity index (χ3v) is 6.14. The van der Waals surface area contributed by atoms with E-state index in [0.29, 0.717) is 12.3 Å². The first-order chi connectivity index (χ1) is 9.67. The zero-order chi connectivity index (χ0) is 15.8. The quantitative estimate of drug-likeness (QED) is 0.547. The molecule has 5 heteroatoms. The van der Waals surface area contributed by atoms with E-state index in [4.69, 9.17) is 34.8 Å². The third-order valence-electron chi connectivity index (χ3n) is 5.09. The number of halogens is 3. The summed E-state index contributed by atoms with van der Waals surface area (Å²) < 4.78 is 0.00551. The third kappa shape index (κ3) is 3.50. The van der Waals surface area contributed by atoms with E-state index in [2.05, 4.69) is 31.8 Å². The molecule has 1 saturated carbocycles. The number of hydrogen-bond donors (Lipinski definition) is 1. The number of aliphatic imine (C=N–C) groups is 1. The number of aliphatic hydroxyl groups is 1. The van der Waals surface area contributed by atoms with Gasteiger partial charge in [-0.1, -0.05) is 26.8 Å². The minimum absolute atomic E-state index is 0.00551. The van der Waals surface area contributed by atoms with E-state index >= 15 is 0 Å². The summed E-state index contributed by atoms with van der Waals surface area (Å²) in [6.45, 7) is 6.56. The van der Waals surface area contributed by atoms with Crippen molar-refractivity contribution in [1.82, 2.24) is 0 Å². The minimum Gasteiger partial charge on any atom is -0.392 e. The first-order valence-electron chi connectivity index (χ1n) is 7.26. The molecule has 1 N–H and O–H groups in total. The molecular weight excluding hydrogens is 329 g/mol. The van der Waals surface area contributed by atoms with Crippen molar-refractivity contribution in [2.45, 2.75) is 51.5 Å². The Kier molecular flexibility index (Phi) is 5.15. The van der Waals surface area contributed by atoms with Crippen LogP contribution >= 0.6 is 34.8 Å². The van der Waals surface area contributed by atoms with E-state index in [0.717, 1.165) is 12.8 Å². The molecule has 4 atom stereocenters. The summed E-state index contributed by atoms with van der Waals surface area (Å²) >= 11 is 17.5. The molecule has 0 radical (unpaired) electrons. The highest BCUT2D eigenvalue weighted by atomic mass is 35.5. The number of nitrogens with zero attached hydrogens (tertiary/aromatic N) is 1. The maximum absolute atomic E-state index is 10.3. The second kappa shape index (κ2) is 6.23. The zero-order valence-corrected chi connectivity index (χ0v) is 14.9. The first kappa shape index (κ1) is 17.3. The molecule has 1 fully saturated rings. The van der Waals surface area contributed by atoms with Gasteiger partial charge in [0.15, 0.2) is 4.63 Å². The molecule has 0 aromatic rings. The normalized spacial score (nSPS) is 38.8. The lowest BCUT2D eigenvalue weighted by atomic mass is 9.52. The maximum atomic E-state index is 10.3. The van der Waals surface area contributed by atoms with Gasteiger partial charge in [-0.15, -0.1) is 11.6 Å². The molecule has 2 nitrogen and oxygen atoms in total. The molecule has 2 aliphatic rings. The Balaban J connectivity index is 2.28. The lowest BCUT2D eigenvalue weighted by Gasteiger charge is -2.55. The monoisotopic (exact) mass is 349 g/mol. The van der Waals surface area contributed by atoms with Gasteiger partial charge >= 0.3 is 0 Å². The van der Waals surface area contributed by atoms with E-state index < -0.39 is 6.10 Å². The summed E-state index contributed by atoms with van der Waals surface area (Å²) in [5.41, 5.74) is 1.08. The number of alkyl halides is 1. The molecule has 118 valence electrons. The van der Waals surface area contributed by atoms with Crippen LogP contribution in [0, 0.1) is 16.7 Å². The molecule has 0 aromatic carbocycles. The largest absolute Gasteiger partial charge is 0.392 e. The van der Waals surface area contributed by atoms with Crippen LogP contribution in [0.4, 0.5) is 0 Å². The highest BCUT2D eigenvalue weighted by Gasteiger charge is 2.54. The first-order valence-corrected chi connectivity index (χ1v) is 8.45. The van der Waals surface area contributed by atoms with Crippen LogP contribution in [-0.4, -0.2) is 21.2 Å². The van der Waals surface area contributed by atoms with Gasteiger partial charge in [-0.2, -0.15) is 0 Å². The van der Waals surface area contributed by atoms with Gasteiger partial charge in [-0.05, 0) is 70.9 Å². The van der Waals surface area contributed by atoms with Crippen LogP contribution in [0.2, 0.25) is 0 Å². The lowest BCUT2D eigenvalue weighted by molar-refractivity contribution is -0.0477. The molecule has 0 saturated heterocycles. The molecule has 0 spiro atoms. The second-order valence-electron chi connectivity index (χ2n) is 7.00. The Hall–Kier alpha value is -0.0200. The van der Waals surface area contributed by atoms with E-state index in [1.165, 1.54) is 5.57 Å². The molecule has 0 bridgehead atoms. The molecule has 1 unspecified atom stereocenters. The summed E-state index contributed by atoms with van der Waals surface area (Å²) in [4.78, 5) is 3.86. The molecule has 0 aliphatic heterocycles. The molecule has 2 aliphatic carbocycles. The van der Waals surface area contributed by atoms with Gasteiger partial charge in [-0.25, -0.2) is 4.99 Å². The summed E-state index contributed by atoms with van der Waals surface area (Å²) in [5.74, 6) is 0.466. The van der Waals surface area contributed by atoms with E-state index in [1.807, 2.05) is 6.08 Å². The Morgan fingerprint density at radius 3 is 2.67 bits per heavy atom. The van der Waals surface area contributed by atoms with Crippen LogP contribution in [0.3, 0.4) is 0 Å². The summed E-state index contributed by atoms with van der Waals surface area (Å²) in [5, 5.41) is 10.1. The SMILES string of the molecule is CC1(C)C2CCC(/C=C\N=C(Cl)Cl)=C[C@@]2(C)C[C@H](O)[C@@H]1Cl. The van der Waals surface area contributed by atoms with Gasteiger partial charge < -0.3 is 5.11 Å². The fraction of sp³-hybridized carbons (Fsp3) is 0.688. The summed E-state index contributed by atoms with van der Waals surface area (Å²) in [6.07, 6.45) is 8.11. The van der Waals surface area contributed by atoms with E-state index in [9.17, 15) is 5.11 Å². The van der Waals surface area contributed by atoms with Gasteiger partial charge in [-0.3, -0.25) is 0 Å². The fourth-order valence-corrected chi connectivity index (χ4v) is 4.58. The smallest absolute Gasteiger partial charge is 0.196 e. The van der Waals surface area contributed by atoms with Gasteiger partial charge in [0, 0.05) is 6.20 Å². The van der Waals surface area contributed by atoms with Crippen molar-refractivity contribution in [3.63, 3.8) is 0 Å². The average Bonchev–Trinajstić information content (AvgIpc) is 2.35. The number of allylic oxidation sites excluding steroid dienone is 3. The highest BCUT2D eigenvalue weighted by molar-refractivity contribution is 6.95. The number of aliphatic hydroxyl groups excluding tert-OH is 1. The van der Waals surface area contributed by atoms with Crippen LogP contribution in [0.1, 0.15) is 40.0 Å². The topological polar surface area (TPSA) is 32.6 Å². The number of rotatable bonds is 2. The van der Waals surface area contributed by atoms with Crippen molar-refractivity contribution in [2.75, 3.05) is 0 Å². The van der Waals surface area contributed by atoms with Crippen LogP contribution in [-0.2, 0) is 0 Å². The molecule has 0 amide bonds. The van der Waals surface area contributed by atoms with Crippen molar-refractivity contribution in [1.29, 1.82) is 0 Å². The van der Waals surface area contributed by atoms with Gasteiger partial charge in [0.25, 0.3) is 0 Å². The van der Waals surface area contributed by atoms with Crippen molar-refractivity contribution in [3.8, 4) is 0 Å². The van der Waals surface area contributed by atoms with Gasteiger partial charge in [0.2, 0.25) is 0 Å². The predicted molar refractivity (Wildman–Crippen MR) is 91.2 cm³/mol. The van der Waals surface area contributed by atoms with Gasteiger partial charge in [0.1, 0.15) is 0 Å². The standard InChI is InChI=1S/C16H22Cl3NO/c1-15(2)12-5-4-10(6-7-20-14(18)19)8-16(12,3)9-11(21)13(15)17/h6-8,11-13,21H,4-5,9H2,1-3H3/b7-6-/t11-,12?,13-,16-/m0/s1. The van der Waals surface area contributed by atoms with Crippen molar-refractivity contribution < 1.29 is 5.11 Å². The maximum Gasteiger partial charge on any atom is 0.196 e. The van der Waals surface area contributed by atoms with E-state index in [-0.39, 0.29) is 20.8 Å². The lowest BCUT2D eigenvalue weighted by Crippen LogP contribution is -2.54. The second-order valence-corrected chi connectivity index (χ2v) is 8.38. The van der Waals surface area contributed by atoms with Crippen molar-refractivity contribution in [2.24, 2.45) is 21.7 Å².